The molecule has 2 aliphatic heterocycles. The van der Waals surface area contributed by atoms with Gasteiger partial charge in [0, 0.05) is 25.1 Å². The van der Waals surface area contributed by atoms with E-state index in [-0.39, 0.29) is 6.10 Å². The van der Waals surface area contributed by atoms with E-state index in [0.717, 1.165) is 37.4 Å². The Morgan fingerprint density at radius 3 is 2.87 bits per heavy atom. The van der Waals surface area contributed by atoms with Crippen LogP contribution in [0.25, 0.3) is 0 Å². The maximum atomic E-state index is 6.10. The quantitative estimate of drug-likeness (QED) is 0.669. The number of rotatable bonds is 4. The minimum Gasteiger partial charge on any atom is -0.488 e. The van der Waals surface area contributed by atoms with Crippen molar-refractivity contribution in [3.63, 3.8) is 0 Å². The highest BCUT2D eigenvalue weighted by atomic mass is 16.5. The zero-order valence-electron chi connectivity index (χ0n) is 13.7. The number of hydrogen-bond acceptors (Lipinski definition) is 4. The minimum atomic E-state index is 0.135. The lowest BCUT2D eigenvalue weighted by atomic mass is 10.1. The zero-order valence-corrected chi connectivity index (χ0v) is 13.7. The fourth-order valence-corrected chi connectivity index (χ4v) is 2.75. The molecule has 0 aromatic heterocycles. The van der Waals surface area contributed by atoms with Crippen molar-refractivity contribution < 1.29 is 14.2 Å². The molecule has 0 aliphatic carbocycles. The number of aryl methyl sites for hydroxylation is 1. The molecule has 2 N–H and O–H groups in total. The van der Waals surface area contributed by atoms with E-state index in [1.165, 1.54) is 5.56 Å². The van der Waals surface area contributed by atoms with Gasteiger partial charge in [0.1, 0.15) is 11.9 Å². The topological polar surface area (TPSA) is 69.3 Å². The third kappa shape index (κ3) is 4.36. The van der Waals surface area contributed by atoms with Crippen LogP contribution in [0.3, 0.4) is 0 Å². The van der Waals surface area contributed by atoms with Crippen LogP contribution >= 0.6 is 0 Å². The van der Waals surface area contributed by atoms with Crippen LogP contribution < -0.4 is 10.5 Å². The lowest BCUT2D eigenvalue weighted by Crippen LogP contribution is -2.44. The Hall–Kier alpha value is -1.79. The monoisotopic (exact) mass is 319 g/mol. The predicted octanol–water partition coefficient (Wildman–Crippen LogP) is 1.31. The van der Waals surface area contributed by atoms with Crippen molar-refractivity contribution in [3.05, 3.63) is 29.3 Å². The number of nitrogens with zero attached hydrogens (tertiary/aromatic N) is 2. The Kier molecular flexibility index (Phi) is 5.35. The summed E-state index contributed by atoms with van der Waals surface area (Å²) in [6.45, 7) is 7.02. The van der Waals surface area contributed by atoms with Gasteiger partial charge in [-0.15, -0.1) is 0 Å². The van der Waals surface area contributed by atoms with E-state index >= 15 is 0 Å². The van der Waals surface area contributed by atoms with E-state index < -0.39 is 0 Å². The van der Waals surface area contributed by atoms with Crippen LogP contribution in [-0.4, -0.2) is 56.5 Å². The molecule has 1 atom stereocenters. The summed E-state index contributed by atoms with van der Waals surface area (Å²) in [7, 11) is 0. The maximum absolute atomic E-state index is 6.10. The molecule has 1 aromatic carbocycles. The highest BCUT2D eigenvalue weighted by molar-refractivity contribution is 5.78. The minimum absolute atomic E-state index is 0.135. The molecule has 1 aromatic rings. The van der Waals surface area contributed by atoms with Crippen LogP contribution in [0.4, 0.5) is 0 Å². The molecule has 2 heterocycles. The Bertz CT molecular complexity index is 550. The molecule has 0 amide bonds. The van der Waals surface area contributed by atoms with Crippen molar-refractivity contribution >= 4 is 5.96 Å². The van der Waals surface area contributed by atoms with Gasteiger partial charge in [-0.3, -0.25) is 0 Å². The van der Waals surface area contributed by atoms with Crippen molar-refractivity contribution in [2.45, 2.75) is 26.0 Å². The Morgan fingerprint density at radius 1 is 1.30 bits per heavy atom. The number of ether oxygens (including phenoxy) is 3. The maximum Gasteiger partial charge on any atom is 0.191 e. The van der Waals surface area contributed by atoms with Gasteiger partial charge < -0.3 is 24.8 Å². The number of morpholine rings is 1. The van der Waals surface area contributed by atoms with Gasteiger partial charge in [-0.1, -0.05) is 12.1 Å². The summed E-state index contributed by atoms with van der Waals surface area (Å²) in [4.78, 5) is 6.60. The highest BCUT2D eigenvalue weighted by Gasteiger charge is 2.19. The van der Waals surface area contributed by atoms with E-state index in [1.807, 2.05) is 0 Å². The lowest BCUT2D eigenvalue weighted by molar-refractivity contribution is 0.0674. The van der Waals surface area contributed by atoms with E-state index in [4.69, 9.17) is 19.9 Å². The summed E-state index contributed by atoms with van der Waals surface area (Å²) in [6.07, 6.45) is 1.07. The van der Waals surface area contributed by atoms with Gasteiger partial charge in [-0.2, -0.15) is 0 Å². The molecule has 0 radical (unpaired) electrons. The summed E-state index contributed by atoms with van der Waals surface area (Å²) >= 11 is 0. The van der Waals surface area contributed by atoms with Gasteiger partial charge >= 0.3 is 0 Å². The first-order valence-corrected chi connectivity index (χ1v) is 8.19. The molecule has 1 unspecified atom stereocenters. The second-order valence-corrected chi connectivity index (χ2v) is 5.99. The van der Waals surface area contributed by atoms with E-state index in [0.29, 0.717) is 32.3 Å². The van der Waals surface area contributed by atoms with Gasteiger partial charge in [-0.05, 0) is 18.6 Å². The SMILES string of the molecule is Cc1ccc(CN=C(N)N2CCOCC2)c(OC2CCOC2)c1. The van der Waals surface area contributed by atoms with Crippen molar-refractivity contribution in [3.8, 4) is 5.75 Å². The molecule has 0 bridgehead atoms. The molecule has 0 spiro atoms. The number of aliphatic imine (C=N–C) groups is 1. The fourth-order valence-electron chi connectivity index (χ4n) is 2.75. The van der Waals surface area contributed by atoms with E-state index in [2.05, 4.69) is 35.0 Å². The number of benzene rings is 1. The molecule has 23 heavy (non-hydrogen) atoms. The van der Waals surface area contributed by atoms with Crippen molar-refractivity contribution in [1.29, 1.82) is 0 Å². The summed E-state index contributed by atoms with van der Waals surface area (Å²) in [6, 6.07) is 6.21. The molecular weight excluding hydrogens is 294 g/mol. The van der Waals surface area contributed by atoms with Crippen LogP contribution in [0.1, 0.15) is 17.5 Å². The number of guanidine groups is 1. The normalized spacial score (nSPS) is 22.4. The highest BCUT2D eigenvalue weighted by Crippen LogP contribution is 2.24. The molecule has 2 saturated heterocycles. The van der Waals surface area contributed by atoms with E-state index in [1.54, 1.807) is 0 Å². The van der Waals surface area contributed by atoms with Crippen LogP contribution in [-0.2, 0) is 16.0 Å². The smallest absolute Gasteiger partial charge is 0.191 e. The summed E-state index contributed by atoms with van der Waals surface area (Å²) in [5, 5.41) is 0. The van der Waals surface area contributed by atoms with Crippen LogP contribution in [0.2, 0.25) is 0 Å². The van der Waals surface area contributed by atoms with Gasteiger partial charge in [-0.25, -0.2) is 4.99 Å². The third-order valence-corrected chi connectivity index (χ3v) is 4.15. The molecule has 2 fully saturated rings. The van der Waals surface area contributed by atoms with Crippen LogP contribution in [0.5, 0.6) is 5.75 Å². The second kappa shape index (κ2) is 7.66. The first-order valence-electron chi connectivity index (χ1n) is 8.19. The standard InChI is InChI=1S/C17H25N3O3/c1-13-2-3-14(16(10-13)23-15-4-7-22-12-15)11-19-17(18)20-5-8-21-9-6-20/h2-3,10,15H,4-9,11-12H2,1H3,(H2,18,19). The van der Waals surface area contributed by atoms with E-state index in [9.17, 15) is 0 Å². The molecule has 0 saturated carbocycles. The Morgan fingerprint density at radius 2 is 2.13 bits per heavy atom. The molecule has 2 aliphatic rings. The van der Waals surface area contributed by atoms with Crippen molar-refractivity contribution in [1.82, 2.24) is 4.90 Å². The van der Waals surface area contributed by atoms with Crippen molar-refractivity contribution in [2.75, 3.05) is 39.5 Å². The largest absolute Gasteiger partial charge is 0.488 e. The van der Waals surface area contributed by atoms with Gasteiger partial charge in [0.2, 0.25) is 0 Å². The zero-order chi connectivity index (χ0) is 16.1. The summed E-state index contributed by atoms with van der Waals surface area (Å²) in [5.74, 6) is 1.46. The molecular formula is C17H25N3O3. The second-order valence-electron chi connectivity index (χ2n) is 5.99. The van der Waals surface area contributed by atoms with Gasteiger partial charge in [0.15, 0.2) is 5.96 Å². The van der Waals surface area contributed by atoms with Crippen molar-refractivity contribution in [2.24, 2.45) is 10.7 Å². The number of nitrogens with two attached hydrogens (primary N) is 1. The molecule has 6 heteroatoms. The average molecular weight is 319 g/mol. The first-order chi connectivity index (χ1) is 11.2. The Labute approximate surface area is 137 Å². The lowest BCUT2D eigenvalue weighted by Gasteiger charge is -2.27. The predicted molar refractivity (Wildman–Crippen MR) is 88.7 cm³/mol. The molecule has 6 nitrogen and oxygen atoms in total. The van der Waals surface area contributed by atoms with Gasteiger partial charge in [0.05, 0.1) is 33.0 Å². The average Bonchev–Trinajstić information content (AvgIpc) is 3.08. The van der Waals surface area contributed by atoms with Crippen LogP contribution in [0, 0.1) is 6.92 Å². The number of hydrogen-bond donors (Lipinski definition) is 1. The summed E-state index contributed by atoms with van der Waals surface area (Å²) in [5.41, 5.74) is 8.33. The molecule has 126 valence electrons. The molecule has 3 rings (SSSR count). The Balaban J connectivity index is 1.68. The fraction of sp³-hybridized carbons (Fsp3) is 0.588. The third-order valence-electron chi connectivity index (χ3n) is 4.15. The van der Waals surface area contributed by atoms with Crippen LogP contribution in [0.15, 0.2) is 23.2 Å². The summed E-state index contributed by atoms with van der Waals surface area (Å²) < 4.78 is 16.8. The van der Waals surface area contributed by atoms with Gasteiger partial charge in [0.25, 0.3) is 0 Å². The first kappa shape index (κ1) is 16.1.